The molecule has 9 heteroatoms. The molecule has 27 heavy (non-hydrogen) atoms. The molecule has 1 aliphatic rings. The second kappa shape index (κ2) is 6.58. The van der Waals surface area contributed by atoms with Crippen LogP contribution in [0.4, 0.5) is 18.0 Å². The van der Waals surface area contributed by atoms with Gasteiger partial charge in [0.1, 0.15) is 11.7 Å². The molecular formula is C18H15F3N2O4. The molecular weight excluding hydrogens is 365 g/mol. The molecule has 1 fully saturated rings. The first-order valence-electron chi connectivity index (χ1n) is 7.89. The van der Waals surface area contributed by atoms with Crippen LogP contribution in [0.25, 0.3) is 0 Å². The van der Waals surface area contributed by atoms with Crippen molar-refractivity contribution in [2.45, 2.75) is 17.9 Å². The molecule has 1 aliphatic heterocycles. The number of ketones is 1. The number of halogens is 3. The second-order valence-electron chi connectivity index (χ2n) is 6.14. The lowest BCUT2D eigenvalue weighted by atomic mass is 9.77. The van der Waals surface area contributed by atoms with Gasteiger partial charge in [0.2, 0.25) is 5.72 Å². The number of carbonyl (C=O) groups excluding carboxylic acids is 2. The van der Waals surface area contributed by atoms with Crippen LogP contribution in [0.3, 0.4) is 0 Å². The van der Waals surface area contributed by atoms with Gasteiger partial charge in [0, 0.05) is 5.56 Å². The number of carbonyl (C=O) groups is 2. The van der Waals surface area contributed by atoms with Crippen molar-refractivity contribution in [2.24, 2.45) is 5.92 Å². The highest BCUT2D eigenvalue weighted by atomic mass is 19.4. The Hall–Kier alpha value is -3.07. The molecule has 0 aliphatic carbocycles. The average Bonchev–Trinajstić information content (AvgIpc) is 2.60. The van der Waals surface area contributed by atoms with Crippen molar-refractivity contribution < 1.29 is 33.0 Å². The zero-order chi connectivity index (χ0) is 19.8. The Kier molecular flexibility index (Phi) is 4.56. The van der Waals surface area contributed by atoms with E-state index in [2.05, 4.69) is 5.32 Å². The van der Waals surface area contributed by atoms with Gasteiger partial charge in [-0.3, -0.25) is 4.79 Å². The van der Waals surface area contributed by atoms with Crippen molar-refractivity contribution in [1.82, 2.24) is 10.6 Å². The number of alkyl halides is 3. The van der Waals surface area contributed by atoms with Crippen LogP contribution in [-0.4, -0.2) is 33.9 Å². The van der Waals surface area contributed by atoms with Gasteiger partial charge in [-0.05, 0) is 17.7 Å². The minimum Gasteiger partial charge on any atom is -0.508 e. The fourth-order valence-electron chi connectivity index (χ4n) is 3.12. The Morgan fingerprint density at radius 2 is 1.74 bits per heavy atom. The maximum Gasteiger partial charge on any atom is 0.437 e. The lowest BCUT2D eigenvalue weighted by Crippen LogP contribution is -2.72. The topological polar surface area (TPSA) is 98.7 Å². The highest BCUT2D eigenvalue weighted by Gasteiger charge is 2.66. The van der Waals surface area contributed by atoms with Gasteiger partial charge in [0.05, 0.1) is 6.04 Å². The quantitative estimate of drug-likeness (QED) is 0.615. The molecule has 3 atom stereocenters. The number of aliphatic hydroxyl groups is 1. The van der Waals surface area contributed by atoms with E-state index in [4.69, 9.17) is 0 Å². The van der Waals surface area contributed by atoms with E-state index < -0.39 is 35.7 Å². The maximum atomic E-state index is 13.7. The van der Waals surface area contributed by atoms with Crippen LogP contribution >= 0.6 is 0 Å². The van der Waals surface area contributed by atoms with E-state index in [1.165, 1.54) is 47.8 Å². The fraction of sp³-hybridized carbons (Fsp3) is 0.222. The number of Topliss-reactive ketones (excluding diaryl/α,β-unsaturated/α-hetero) is 1. The molecule has 4 N–H and O–H groups in total. The number of phenolic OH excluding ortho intramolecular Hbond substituents is 1. The summed E-state index contributed by atoms with van der Waals surface area (Å²) in [4.78, 5) is 24.8. The van der Waals surface area contributed by atoms with Gasteiger partial charge in [-0.25, -0.2) is 4.79 Å². The highest BCUT2D eigenvalue weighted by Crippen LogP contribution is 2.44. The molecule has 0 saturated carbocycles. The predicted molar refractivity (Wildman–Crippen MR) is 87.8 cm³/mol. The molecule has 2 amide bonds. The van der Waals surface area contributed by atoms with E-state index in [9.17, 15) is 33.0 Å². The minimum atomic E-state index is -5.32. The zero-order valence-electron chi connectivity index (χ0n) is 13.7. The van der Waals surface area contributed by atoms with Crippen molar-refractivity contribution in [3.63, 3.8) is 0 Å². The molecule has 1 heterocycles. The predicted octanol–water partition coefficient (Wildman–Crippen LogP) is 2.50. The number of amides is 2. The van der Waals surface area contributed by atoms with Crippen molar-refractivity contribution >= 4 is 11.8 Å². The Morgan fingerprint density at radius 1 is 1.07 bits per heavy atom. The molecule has 2 aromatic rings. The molecule has 142 valence electrons. The maximum absolute atomic E-state index is 13.7. The van der Waals surface area contributed by atoms with Crippen molar-refractivity contribution in [3.8, 4) is 5.75 Å². The fourth-order valence-corrected chi connectivity index (χ4v) is 3.12. The average molecular weight is 380 g/mol. The van der Waals surface area contributed by atoms with E-state index in [0.717, 1.165) is 6.07 Å². The molecule has 0 aromatic heterocycles. The number of hydrogen-bond acceptors (Lipinski definition) is 4. The standard InChI is InChI=1S/C18H15F3N2O4/c19-18(20,21)17(27)13(15(25)10-5-2-1-3-6-10)14(22-16(26)23-17)11-7-4-8-12(24)9-11/h1-9,13-14,24,27H,(H2,22,23,26)/t13-,14+,17-/m1/s1. The van der Waals surface area contributed by atoms with Crippen LogP contribution in [0.2, 0.25) is 0 Å². The summed E-state index contributed by atoms with van der Waals surface area (Å²) in [5.41, 5.74) is -3.81. The number of aromatic hydroxyl groups is 1. The highest BCUT2D eigenvalue weighted by molar-refractivity contribution is 6.00. The second-order valence-corrected chi connectivity index (χ2v) is 6.14. The SMILES string of the molecule is O=C1N[C@@H](c2cccc(O)c2)[C@H](C(=O)c2ccccc2)[C@@](O)(C(F)(F)F)N1. The lowest BCUT2D eigenvalue weighted by molar-refractivity contribution is -0.287. The van der Waals surface area contributed by atoms with Gasteiger partial charge in [0.15, 0.2) is 5.78 Å². The molecule has 0 unspecified atom stereocenters. The van der Waals surface area contributed by atoms with Crippen LogP contribution in [0.15, 0.2) is 54.6 Å². The molecule has 6 nitrogen and oxygen atoms in total. The molecule has 0 bridgehead atoms. The van der Waals surface area contributed by atoms with E-state index in [-0.39, 0.29) is 16.9 Å². The Bertz CT molecular complexity index is 872. The number of nitrogens with one attached hydrogen (secondary N) is 2. The van der Waals surface area contributed by atoms with E-state index in [1.54, 1.807) is 6.07 Å². The third kappa shape index (κ3) is 3.33. The first-order chi connectivity index (χ1) is 12.6. The Labute approximate surface area is 151 Å². The van der Waals surface area contributed by atoms with Gasteiger partial charge < -0.3 is 20.8 Å². The van der Waals surface area contributed by atoms with Crippen LogP contribution in [-0.2, 0) is 0 Å². The van der Waals surface area contributed by atoms with Crippen molar-refractivity contribution in [1.29, 1.82) is 0 Å². The van der Waals surface area contributed by atoms with Crippen LogP contribution in [0.1, 0.15) is 22.0 Å². The van der Waals surface area contributed by atoms with E-state index in [0.29, 0.717) is 0 Å². The summed E-state index contributed by atoms with van der Waals surface area (Å²) in [6.07, 6.45) is -5.32. The smallest absolute Gasteiger partial charge is 0.437 e. The number of benzene rings is 2. The monoisotopic (exact) mass is 380 g/mol. The number of rotatable bonds is 3. The van der Waals surface area contributed by atoms with Crippen LogP contribution in [0.5, 0.6) is 5.75 Å². The summed E-state index contributed by atoms with van der Waals surface area (Å²) < 4.78 is 41.1. The van der Waals surface area contributed by atoms with E-state index in [1.807, 2.05) is 0 Å². The normalized spacial score (nSPS) is 25.4. The summed E-state index contributed by atoms with van der Waals surface area (Å²) >= 11 is 0. The van der Waals surface area contributed by atoms with Gasteiger partial charge in [-0.15, -0.1) is 0 Å². The van der Waals surface area contributed by atoms with Gasteiger partial charge in [-0.2, -0.15) is 13.2 Å². The number of hydrogen-bond donors (Lipinski definition) is 4. The minimum absolute atomic E-state index is 0.0433. The number of urea groups is 1. The first-order valence-corrected chi connectivity index (χ1v) is 7.89. The molecule has 0 radical (unpaired) electrons. The summed E-state index contributed by atoms with van der Waals surface area (Å²) in [5.74, 6) is -3.41. The van der Waals surface area contributed by atoms with E-state index >= 15 is 0 Å². The number of phenols is 1. The summed E-state index contributed by atoms with van der Waals surface area (Å²) in [6.45, 7) is 0. The van der Waals surface area contributed by atoms with Crippen molar-refractivity contribution in [3.05, 3.63) is 65.7 Å². The molecule has 0 spiro atoms. The third-order valence-electron chi connectivity index (χ3n) is 4.38. The largest absolute Gasteiger partial charge is 0.508 e. The zero-order valence-corrected chi connectivity index (χ0v) is 13.7. The van der Waals surface area contributed by atoms with Gasteiger partial charge >= 0.3 is 12.2 Å². The third-order valence-corrected chi connectivity index (χ3v) is 4.38. The molecule has 1 saturated heterocycles. The summed E-state index contributed by atoms with van der Waals surface area (Å²) in [6, 6.07) is 9.45. The Morgan fingerprint density at radius 3 is 2.33 bits per heavy atom. The van der Waals surface area contributed by atoms with Crippen LogP contribution in [0, 0.1) is 5.92 Å². The molecule has 2 aromatic carbocycles. The Balaban J connectivity index is 2.17. The van der Waals surface area contributed by atoms with Crippen molar-refractivity contribution in [2.75, 3.05) is 0 Å². The first kappa shape index (κ1) is 18.7. The lowest BCUT2D eigenvalue weighted by Gasteiger charge is -2.45. The summed E-state index contributed by atoms with van der Waals surface area (Å²) in [7, 11) is 0. The molecule has 3 rings (SSSR count). The van der Waals surface area contributed by atoms with Gasteiger partial charge in [0.25, 0.3) is 0 Å². The summed E-state index contributed by atoms with van der Waals surface area (Å²) in [5, 5.41) is 23.7. The van der Waals surface area contributed by atoms with Crippen LogP contribution < -0.4 is 10.6 Å². The van der Waals surface area contributed by atoms with Gasteiger partial charge in [-0.1, -0.05) is 42.5 Å².